The molecule has 8 nitrogen and oxygen atoms in total. The van der Waals surface area contributed by atoms with Gasteiger partial charge in [-0.05, 0) is 6.42 Å². The maximum Gasteiger partial charge on any atom is 0.334 e. The number of H-pyrrole nitrogens is 1. The molecule has 0 bridgehead atoms. The molecule has 0 aliphatic heterocycles. The Bertz CT molecular complexity index is 617. The van der Waals surface area contributed by atoms with Crippen molar-refractivity contribution in [1.29, 1.82) is 0 Å². The number of aromatic amines is 1. The molecule has 0 saturated heterocycles. The second-order valence-corrected chi connectivity index (χ2v) is 5.20. The summed E-state index contributed by atoms with van der Waals surface area (Å²) in [5.41, 5.74) is 0.525. The maximum absolute atomic E-state index is 11.4. The van der Waals surface area contributed by atoms with E-state index in [1.54, 1.807) is 19.4 Å². The van der Waals surface area contributed by atoms with Crippen LogP contribution in [0.3, 0.4) is 0 Å². The molecule has 2 rings (SSSR count). The van der Waals surface area contributed by atoms with E-state index in [9.17, 15) is 10.1 Å². The van der Waals surface area contributed by atoms with Crippen LogP contribution in [0.5, 0.6) is 0 Å². The summed E-state index contributed by atoms with van der Waals surface area (Å²) in [5.74, 6) is 1.14. The van der Waals surface area contributed by atoms with Crippen molar-refractivity contribution in [2.24, 2.45) is 7.05 Å². The number of nitro groups is 1. The lowest BCUT2D eigenvalue weighted by Crippen LogP contribution is -2.14. The van der Waals surface area contributed by atoms with Crippen LogP contribution < -0.4 is 5.32 Å². The van der Waals surface area contributed by atoms with Gasteiger partial charge >= 0.3 is 5.69 Å². The molecule has 0 saturated carbocycles. The molecule has 8 heteroatoms. The van der Waals surface area contributed by atoms with E-state index in [4.69, 9.17) is 0 Å². The van der Waals surface area contributed by atoms with Crippen molar-refractivity contribution in [3.8, 4) is 0 Å². The average Bonchev–Trinajstić information content (AvgIpc) is 3.03. The van der Waals surface area contributed by atoms with E-state index in [1.807, 2.05) is 20.8 Å². The van der Waals surface area contributed by atoms with Crippen LogP contribution in [0.4, 0.5) is 11.5 Å². The highest BCUT2D eigenvalue weighted by molar-refractivity contribution is 5.61. The second-order valence-electron chi connectivity index (χ2n) is 5.20. The van der Waals surface area contributed by atoms with Crippen LogP contribution in [-0.4, -0.2) is 24.7 Å². The molecule has 2 heterocycles. The summed E-state index contributed by atoms with van der Waals surface area (Å²) >= 11 is 0. The minimum atomic E-state index is -0.375. The molecule has 0 amide bonds. The van der Waals surface area contributed by atoms with Gasteiger partial charge in [-0.3, -0.25) is 10.1 Å². The molecule has 0 spiro atoms. The van der Waals surface area contributed by atoms with Crippen molar-refractivity contribution >= 4 is 11.5 Å². The fourth-order valence-corrected chi connectivity index (χ4v) is 2.26. The highest BCUT2D eigenvalue weighted by Gasteiger charge is 2.30. The van der Waals surface area contributed by atoms with E-state index in [2.05, 4.69) is 20.4 Å². The Kier molecular flexibility index (Phi) is 4.25. The minimum absolute atomic E-state index is 0.0177. The van der Waals surface area contributed by atoms with Crippen molar-refractivity contribution in [2.75, 3.05) is 5.32 Å². The van der Waals surface area contributed by atoms with Crippen LogP contribution in [0.25, 0.3) is 0 Å². The smallest absolute Gasteiger partial charge is 0.334 e. The van der Waals surface area contributed by atoms with Gasteiger partial charge in [0.1, 0.15) is 11.5 Å². The Balaban J connectivity index is 2.41. The standard InChI is InChI=1S/C13H20N6O2/c1-5-9(12-14-6-7-15-12)16-13-11(19(20)21)10(8(2)3)17-18(13)4/h6-9,16H,5H2,1-4H3,(H,14,15). The molecule has 2 N–H and O–H groups in total. The number of nitrogens with zero attached hydrogens (tertiary/aromatic N) is 4. The Morgan fingerprint density at radius 2 is 2.24 bits per heavy atom. The van der Waals surface area contributed by atoms with E-state index in [0.717, 1.165) is 12.2 Å². The number of imidazole rings is 1. The number of aromatic nitrogens is 4. The molecule has 0 radical (unpaired) electrons. The number of nitrogens with one attached hydrogen (secondary N) is 2. The summed E-state index contributed by atoms with van der Waals surface area (Å²) in [6.45, 7) is 5.78. The quantitative estimate of drug-likeness (QED) is 0.629. The molecule has 1 unspecified atom stereocenters. The molecular weight excluding hydrogens is 272 g/mol. The van der Waals surface area contributed by atoms with Crippen molar-refractivity contribution in [3.63, 3.8) is 0 Å². The monoisotopic (exact) mass is 292 g/mol. The Morgan fingerprint density at radius 3 is 2.71 bits per heavy atom. The topological polar surface area (TPSA) is 102 Å². The van der Waals surface area contributed by atoms with Crippen LogP contribution in [0.15, 0.2) is 12.4 Å². The lowest BCUT2D eigenvalue weighted by Gasteiger charge is -2.15. The minimum Gasteiger partial charge on any atom is -0.355 e. The number of rotatable bonds is 6. The van der Waals surface area contributed by atoms with Gasteiger partial charge in [0.15, 0.2) is 0 Å². The molecule has 2 aromatic heterocycles. The third-order valence-electron chi connectivity index (χ3n) is 3.35. The van der Waals surface area contributed by atoms with Gasteiger partial charge in [-0.25, -0.2) is 9.67 Å². The molecule has 0 aliphatic carbocycles. The normalized spacial score (nSPS) is 12.6. The van der Waals surface area contributed by atoms with Gasteiger partial charge in [0.2, 0.25) is 5.82 Å². The van der Waals surface area contributed by atoms with E-state index in [0.29, 0.717) is 11.5 Å². The van der Waals surface area contributed by atoms with E-state index >= 15 is 0 Å². The van der Waals surface area contributed by atoms with Gasteiger partial charge in [-0.1, -0.05) is 20.8 Å². The van der Waals surface area contributed by atoms with Crippen molar-refractivity contribution in [1.82, 2.24) is 19.7 Å². The fourth-order valence-electron chi connectivity index (χ4n) is 2.26. The molecule has 0 aromatic carbocycles. The van der Waals surface area contributed by atoms with Gasteiger partial charge in [0.25, 0.3) is 0 Å². The van der Waals surface area contributed by atoms with Crippen LogP contribution in [0.2, 0.25) is 0 Å². The van der Waals surface area contributed by atoms with Crippen LogP contribution in [0, 0.1) is 10.1 Å². The zero-order valence-corrected chi connectivity index (χ0v) is 12.6. The lowest BCUT2D eigenvalue weighted by molar-refractivity contribution is -0.384. The molecule has 0 aliphatic rings. The number of anilines is 1. The Hall–Kier alpha value is -2.38. The van der Waals surface area contributed by atoms with Crippen molar-refractivity contribution < 1.29 is 4.92 Å². The molecule has 114 valence electrons. The third-order valence-corrected chi connectivity index (χ3v) is 3.35. The molecular formula is C13H20N6O2. The zero-order valence-electron chi connectivity index (χ0n) is 12.6. The second kappa shape index (κ2) is 5.94. The van der Waals surface area contributed by atoms with E-state index in [-0.39, 0.29) is 22.6 Å². The first-order valence-corrected chi connectivity index (χ1v) is 6.92. The van der Waals surface area contributed by atoms with E-state index in [1.165, 1.54) is 4.68 Å². The number of aryl methyl sites for hydroxylation is 1. The fraction of sp³-hybridized carbons (Fsp3) is 0.538. The van der Waals surface area contributed by atoms with E-state index < -0.39 is 0 Å². The highest BCUT2D eigenvalue weighted by atomic mass is 16.6. The number of hydrogen-bond donors (Lipinski definition) is 2. The van der Waals surface area contributed by atoms with Crippen LogP contribution in [-0.2, 0) is 7.05 Å². The van der Waals surface area contributed by atoms with Crippen molar-refractivity contribution in [2.45, 2.75) is 39.2 Å². The summed E-state index contributed by atoms with van der Waals surface area (Å²) in [7, 11) is 1.70. The average molecular weight is 292 g/mol. The first-order chi connectivity index (χ1) is 9.95. The first kappa shape index (κ1) is 15.0. The maximum atomic E-state index is 11.4. The summed E-state index contributed by atoms with van der Waals surface area (Å²) in [4.78, 5) is 18.3. The predicted molar refractivity (Wildman–Crippen MR) is 79.2 cm³/mol. The van der Waals surface area contributed by atoms with Gasteiger partial charge in [0, 0.05) is 25.4 Å². The van der Waals surface area contributed by atoms with Crippen molar-refractivity contribution in [3.05, 3.63) is 34.0 Å². The summed E-state index contributed by atoms with van der Waals surface area (Å²) in [6, 6.07) is -0.130. The first-order valence-electron chi connectivity index (χ1n) is 6.92. The van der Waals surface area contributed by atoms with Gasteiger partial charge < -0.3 is 10.3 Å². The lowest BCUT2D eigenvalue weighted by atomic mass is 10.1. The molecule has 0 fully saturated rings. The predicted octanol–water partition coefficient (Wildman–Crippen LogP) is 2.74. The highest BCUT2D eigenvalue weighted by Crippen LogP contribution is 2.34. The third kappa shape index (κ3) is 2.88. The molecule has 21 heavy (non-hydrogen) atoms. The summed E-state index contributed by atoms with van der Waals surface area (Å²) < 4.78 is 1.53. The van der Waals surface area contributed by atoms with Gasteiger partial charge in [-0.2, -0.15) is 5.10 Å². The number of hydrogen-bond acceptors (Lipinski definition) is 5. The van der Waals surface area contributed by atoms with Gasteiger partial charge in [0.05, 0.1) is 11.0 Å². The zero-order chi connectivity index (χ0) is 15.6. The van der Waals surface area contributed by atoms with Crippen LogP contribution in [0.1, 0.15) is 50.7 Å². The Morgan fingerprint density at radius 1 is 1.52 bits per heavy atom. The molecule has 1 atom stereocenters. The largest absolute Gasteiger partial charge is 0.355 e. The molecule has 2 aromatic rings. The summed E-state index contributed by atoms with van der Waals surface area (Å²) in [6.07, 6.45) is 4.14. The summed E-state index contributed by atoms with van der Waals surface area (Å²) in [5, 5.41) is 18.9. The Labute approximate surface area is 122 Å². The van der Waals surface area contributed by atoms with Gasteiger partial charge in [-0.15, -0.1) is 0 Å². The SMILES string of the molecule is CCC(Nc1c([N+](=O)[O-])c(C(C)C)nn1C)c1ncc[nH]1. The van der Waals surface area contributed by atoms with Crippen LogP contribution >= 0.6 is 0 Å².